The van der Waals surface area contributed by atoms with E-state index in [1.807, 2.05) is 13.8 Å². The largest absolute Gasteiger partial charge is 0.481 e. The number of likely N-dealkylation sites (tertiary alicyclic amines) is 1. The Kier molecular flexibility index (Phi) is 3.27. The van der Waals surface area contributed by atoms with Gasteiger partial charge < -0.3 is 10.2 Å². The fourth-order valence-electron chi connectivity index (χ4n) is 1.68. The number of carboxylic acid groups (broad SMARTS) is 1. The zero-order chi connectivity index (χ0) is 10.0. The fraction of sp³-hybridized carbons (Fsp3) is 0.889. The van der Waals surface area contributed by atoms with Gasteiger partial charge in [0, 0.05) is 19.1 Å². The Morgan fingerprint density at radius 1 is 1.54 bits per heavy atom. The molecule has 76 valence electrons. The number of hydrogen-bond acceptors (Lipinski definition) is 3. The SMILES string of the molecule is CC(C)N1CCC(O)C(C(=O)O)C1. The molecule has 0 spiro atoms. The lowest BCUT2D eigenvalue weighted by atomic mass is 9.94. The molecule has 0 radical (unpaired) electrons. The number of carboxylic acids is 1. The molecule has 2 atom stereocenters. The van der Waals surface area contributed by atoms with Crippen LogP contribution in [-0.4, -0.2) is 46.3 Å². The van der Waals surface area contributed by atoms with Crippen LogP contribution in [0.15, 0.2) is 0 Å². The number of rotatable bonds is 2. The molecule has 0 aliphatic carbocycles. The van der Waals surface area contributed by atoms with Crippen LogP contribution in [0.1, 0.15) is 20.3 Å². The van der Waals surface area contributed by atoms with Gasteiger partial charge in [0.25, 0.3) is 0 Å². The van der Waals surface area contributed by atoms with Crippen LogP contribution in [0.2, 0.25) is 0 Å². The molecule has 4 nitrogen and oxygen atoms in total. The van der Waals surface area contributed by atoms with Gasteiger partial charge in [0.1, 0.15) is 0 Å². The van der Waals surface area contributed by atoms with Gasteiger partial charge >= 0.3 is 5.97 Å². The first-order valence-electron chi connectivity index (χ1n) is 4.67. The maximum absolute atomic E-state index is 10.7. The van der Waals surface area contributed by atoms with Crippen LogP contribution in [0.4, 0.5) is 0 Å². The van der Waals surface area contributed by atoms with E-state index in [0.29, 0.717) is 19.0 Å². The Labute approximate surface area is 78.2 Å². The normalized spacial score (nSPS) is 30.8. The first-order chi connectivity index (χ1) is 6.02. The molecular weight excluding hydrogens is 170 g/mol. The summed E-state index contributed by atoms with van der Waals surface area (Å²) >= 11 is 0. The van der Waals surface area contributed by atoms with Crippen molar-refractivity contribution in [1.82, 2.24) is 4.90 Å². The Balaban J connectivity index is 2.58. The third kappa shape index (κ3) is 2.42. The van der Waals surface area contributed by atoms with Crippen LogP contribution in [0, 0.1) is 5.92 Å². The van der Waals surface area contributed by atoms with Crippen molar-refractivity contribution in [2.24, 2.45) is 5.92 Å². The van der Waals surface area contributed by atoms with Crippen molar-refractivity contribution in [2.75, 3.05) is 13.1 Å². The van der Waals surface area contributed by atoms with Crippen molar-refractivity contribution >= 4 is 5.97 Å². The Morgan fingerprint density at radius 2 is 2.15 bits per heavy atom. The van der Waals surface area contributed by atoms with Gasteiger partial charge in [-0.3, -0.25) is 9.69 Å². The molecule has 1 rings (SSSR count). The van der Waals surface area contributed by atoms with Gasteiger partial charge in [0.15, 0.2) is 0 Å². The summed E-state index contributed by atoms with van der Waals surface area (Å²) in [6.45, 7) is 5.34. The third-order valence-corrected chi connectivity index (χ3v) is 2.66. The summed E-state index contributed by atoms with van der Waals surface area (Å²) in [6.07, 6.45) is -0.109. The van der Waals surface area contributed by atoms with Gasteiger partial charge in [-0.2, -0.15) is 0 Å². The van der Waals surface area contributed by atoms with Crippen molar-refractivity contribution in [3.63, 3.8) is 0 Å². The summed E-state index contributed by atoms with van der Waals surface area (Å²) in [6, 6.07) is 0.356. The minimum Gasteiger partial charge on any atom is -0.481 e. The number of aliphatic carboxylic acids is 1. The number of hydrogen-bond donors (Lipinski definition) is 2. The zero-order valence-electron chi connectivity index (χ0n) is 8.10. The van der Waals surface area contributed by atoms with Crippen molar-refractivity contribution < 1.29 is 15.0 Å². The lowest BCUT2D eigenvalue weighted by Gasteiger charge is -2.36. The average molecular weight is 187 g/mol. The molecule has 1 aliphatic rings. The summed E-state index contributed by atoms with van der Waals surface area (Å²) in [4.78, 5) is 12.8. The van der Waals surface area contributed by atoms with E-state index in [0.717, 1.165) is 6.54 Å². The van der Waals surface area contributed by atoms with E-state index in [1.54, 1.807) is 0 Å². The molecule has 0 saturated carbocycles. The number of carbonyl (C=O) groups is 1. The molecule has 0 bridgehead atoms. The van der Waals surface area contributed by atoms with Crippen LogP contribution >= 0.6 is 0 Å². The maximum Gasteiger partial charge on any atom is 0.310 e. The van der Waals surface area contributed by atoms with E-state index in [-0.39, 0.29) is 0 Å². The Bertz CT molecular complexity index is 193. The lowest BCUT2D eigenvalue weighted by molar-refractivity contribution is -0.149. The highest BCUT2D eigenvalue weighted by Crippen LogP contribution is 2.19. The standard InChI is InChI=1S/C9H17NO3/c1-6(2)10-4-3-8(11)7(5-10)9(12)13/h6-8,11H,3-5H2,1-2H3,(H,12,13). The molecule has 1 saturated heterocycles. The van der Waals surface area contributed by atoms with Crippen LogP contribution in [-0.2, 0) is 4.79 Å². The van der Waals surface area contributed by atoms with E-state index in [1.165, 1.54) is 0 Å². The number of nitrogens with zero attached hydrogens (tertiary/aromatic N) is 1. The molecule has 13 heavy (non-hydrogen) atoms. The molecule has 0 amide bonds. The minimum absolute atomic E-state index is 0.356. The van der Waals surface area contributed by atoms with Gasteiger partial charge in [-0.15, -0.1) is 0 Å². The summed E-state index contributed by atoms with van der Waals surface area (Å²) in [7, 11) is 0. The lowest BCUT2D eigenvalue weighted by Crippen LogP contribution is -2.48. The molecule has 0 aromatic rings. The average Bonchev–Trinajstić information content (AvgIpc) is 2.04. The highest BCUT2D eigenvalue weighted by molar-refractivity contribution is 5.71. The predicted molar refractivity (Wildman–Crippen MR) is 48.5 cm³/mol. The third-order valence-electron chi connectivity index (χ3n) is 2.66. The van der Waals surface area contributed by atoms with Crippen molar-refractivity contribution in [3.8, 4) is 0 Å². The van der Waals surface area contributed by atoms with E-state index >= 15 is 0 Å². The zero-order valence-corrected chi connectivity index (χ0v) is 8.10. The van der Waals surface area contributed by atoms with E-state index < -0.39 is 18.0 Å². The van der Waals surface area contributed by atoms with Gasteiger partial charge in [-0.05, 0) is 20.3 Å². The second-order valence-corrected chi connectivity index (χ2v) is 3.89. The molecule has 0 aromatic carbocycles. The maximum atomic E-state index is 10.7. The van der Waals surface area contributed by atoms with Crippen molar-refractivity contribution in [1.29, 1.82) is 0 Å². The van der Waals surface area contributed by atoms with Crippen molar-refractivity contribution in [2.45, 2.75) is 32.4 Å². The molecule has 2 unspecified atom stereocenters. The summed E-state index contributed by atoms with van der Waals surface area (Å²) < 4.78 is 0. The highest BCUT2D eigenvalue weighted by Gasteiger charge is 2.33. The molecular formula is C9H17NO3. The summed E-state index contributed by atoms with van der Waals surface area (Å²) in [5.74, 6) is -1.51. The number of aliphatic hydroxyl groups is 1. The summed E-state index contributed by atoms with van der Waals surface area (Å²) in [5, 5.41) is 18.3. The Morgan fingerprint density at radius 3 is 2.62 bits per heavy atom. The topological polar surface area (TPSA) is 60.8 Å². The molecule has 4 heteroatoms. The molecule has 1 aliphatic heterocycles. The molecule has 1 fully saturated rings. The Hall–Kier alpha value is -0.610. The van der Waals surface area contributed by atoms with Gasteiger partial charge in [0.2, 0.25) is 0 Å². The molecule has 2 N–H and O–H groups in total. The van der Waals surface area contributed by atoms with E-state index in [9.17, 15) is 9.90 Å². The number of piperidine rings is 1. The van der Waals surface area contributed by atoms with Crippen LogP contribution in [0.3, 0.4) is 0 Å². The molecule has 0 aromatic heterocycles. The van der Waals surface area contributed by atoms with E-state index in [2.05, 4.69) is 4.90 Å². The highest BCUT2D eigenvalue weighted by atomic mass is 16.4. The van der Waals surface area contributed by atoms with Crippen LogP contribution < -0.4 is 0 Å². The van der Waals surface area contributed by atoms with Crippen LogP contribution in [0.25, 0.3) is 0 Å². The monoisotopic (exact) mass is 187 g/mol. The second-order valence-electron chi connectivity index (χ2n) is 3.89. The van der Waals surface area contributed by atoms with Gasteiger partial charge in [-0.1, -0.05) is 0 Å². The van der Waals surface area contributed by atoms with Crippen LogP contribution in [0.5, 0.6) is 0 Å². The van der Waals surface area contributed by atoms with Gasteiger partial charge in [0.05, 0.1) is 12.0 Å². The summed E-state index contributed by atoms with van der Waals surface area (Å²) in [5.41, 5.74) is 0. The number of aliphatic hydroxyl groups excluding tert-OH is 1. The quantitative estimate of drug-likeness (QED) is 0.646. The first kappa shape index (κ1) is 10.5. The van der Waals surface area contributed by atoms with Gasteiger partial charge in [-0.25, -0.2) is 0 Å². The smallest absolute Gasteiger partial charge is 0.310 e. The fourth-order valence-corrected chi connectivity index (χ4v) is 1.68. The first-order valence-corrected chi connectivity index (χ1v) is 4.67. The molecule has 1 heterocycles. The van der Waals surface area contributed by atoms with E-state index in [4.69, 9.17) is 5.11 Å². The minimum atomic E-state index is -0.891. The predicted octanol–water partition coefficient (Wildman–Crippen LogP) is 0.162. The second kappa shape index (κ2) is 4.07. The van der Waals surface area contributed by atoms with Crippen molar-refractivity contribution in [3.05, 3.63) is 0 Å².